The molecule has 0 aromatic heterocycles. The van der Waals surface area contributed by atoms with Crippen LogP contribution in [-0.4, -0.2) is 130 Å². The molecule has 0 unspecified atom stereocenters. The van der Waals surface area contributed by atoms with Crippen LogP contribution in [0.3, 0.4) is 0 Å². The summed E-state index contributed by atoms with van der Waals surface area (Å²) in [5.74, 6) is 1.46. The normalized spacial score (nSPS) is 19.5. The minimum Gasteiger partial charge on any atom is -0.486 e. The van der Waals surface area contributed by atoms with E-state index >= 15 is 0 Å². The first-order chi connectivity index (χ1) is 30.7. The average molecular weight is 1010 g/mol. The molecule has 5 atom stereocenters. The van der Waals surface area contributed by atoms with Crippen LogP contribution in [0.5, 0.6) is 11.5 Å². The molecule has 2 saturated heterocycles. The van der Waals surface area contributed by atoms with Gasteiger partial charge in [0.05, 0.1) is 48.7 Å². The summed E-state index contributed by atoms with van der Waals surface area (Å²) >= 11 is 0. The van der Waals surface area contributed by atoms with Gasteiger partial charge in [0.15, 0.2) is 17.8 Å². The molecule has 66 heavy (non-hydrogen) atoms. The van der Waals surface area contributed by atoms with Crippen LogP contribution in [0.4, 0.5) is 4.79 Å². The number of carbonyl (C=O) groups is 1. The lowest BCUT2D eigenvalue weighted by Gasteiger charge is -2.35. The summed E-state index contributed by atoms with van der Waals surface area (Å²) < 4.78 is 101. The van der Waals surface area contributed by atoms with E-state index in [9.17, 15) is 35.2 Å². The fourth-order valence-electron chi connectivity index (χ4n) is 7.49. The Hall–Kier alpha value is -2.79. The summed E-state index contributed by atoms with van der Waals surface area (Å²) in [7, 11) is -5.82. The van der Waals surface area contributed by atoms with Crippen molar-refractivity contribution in [3.8, 4) is 11.5 Å². The number of halogens is 1. The van der Waals surface area contributed by atoms with E-state index in [1.54, 1.807) is 6.07 Å². The van der Waals surface area contributed by atoms with Gasteiger partial charge < -0.3 is 39.8 Å². The van der Waals surface area contributed by atoms with Gasteiger partial charge in [-0.3, -0.25) is 0 Å². The highest BCUT2D eigenvalue weighted by molar-refractivity contribution is 8.13. The number of nitrogens with two attached hydrogens (primary N) is 1. The summed E-state index contributed by atoms with van der Waals surface area (Å²) in [5.41, 5.74) is 6.51. The summed E-state index contributed by atoms with van der Waals surface area (Å²) in [5, 5.41) is 14.6. The fraction of sp³-hybridized carbons (Fsp3) is 0.711. The Morgan fingerprint density at radius 1 is 0.909 bits per heavy atom. The molecule has 3 heterocycles. The van der Waals surface area contributed by atoms with Crippen molar-refractivity contribution in [1.82, 2.24) is 14.3 Å². The van der Waals surface area contributed by atoms with Crippen LogP contribution < -0.4 is 25.2 Å². The maximum absolute atomic E-state index is 14.3. The number of ether oxygens (including phenoxy) is 5. The summed E-state index contributed by atoms with van der Waals surface area (Å²) in [6.45, 7) is 15.5. The molecule has 2 aromatic rings. The van der Waals surface area contributed by atoms with Crippen LogP contribution in [0, 0.1) is 22.7 Å². The highest BCUT2D eigenvalue weighted by Crippen LogP contribution is 2.36. The second-order valence-electron chi connectivity index (χ2n) is 18.9. The first kappa shape index (κ1) is 57.5. The second kappa shape index (κ2) is 26.3. The van der Waals surface area contributed by atoms with Gasteiger partial charge in [0.2, 0.25) is 29.1 Å². The SMILES string of the molecule is CC(C)(CCCCN)CN(C[C@@H](O)[C@H](Cc1ccccc1)NC(=O)O[C@H]1CO[C@H]2OCC[C@H]21)S(=O)(=O)c1ccc2c(c1)OCCO2.CC(C)C(C)(C)CCCCNS(C)(=O)=O.CS(=O)(=O)Cl. The number of benzene rings is 2. The molecule has 0 radical (unpaired) electrons. The largest absolute Gasteiger partial charge is 0.486 e. The third-order valence-corrected chi connectivity index (χ3v) is 14.5. The Morgan fingerprint density at radius 3 is 2.17 bits per heavy atom. The van der Waals surface area contributed by atoms with E-state index in [1.807, 2.05) is 44.2 Å². The average Bonchev–Trinajstić information content (AvgIpc) is 3.85. The Balaban J connectivity index is 0.000000483. The van der Waals surface area contributed by atoms with E-state index in [0.717, 1.165) is 56.8 Å². The molecule has 2 fully saturated rings. The van der Waals surface area contributed by atoms with Crippen LogP contribution in [0.25, 0.3) is 0 Å². The number of aliphatic hydroxyl groups excluding tert-OH is 1. The number of alkyl carbamates (subject to hydrolysis) is 1. The third kappa shape index (κ3) is 20.8. The quantitative estimate of drug-likeness (QED) is 0.0826. The monoisotopic (exact) mass is 1010 g/mol. The van der Waals surface area contributed by atoms with Gasteiger partial charge in [0.1, 0.15) is 19.3 Å². The number of rotatable bonds is 22. The van der Waals surface area contributed by atoms with Gasteiger partial charge in [0, 0.05) is 36.4 Å². The first-order valence-corrected chi connectivity index (χ1v) is 28.6. The molecule has 5 rings (SSSR count). The molecule has 1 amide bonds. The van der Waals surface area contributed by atoms with Gasteiger partial charge in [0.25, 0.3) is 0 Å². The van der Waals surface area contributed by atoms with Gasteiger partial charge in [-0.05, 0) is 79.5 Å². The zero-order chi connectivity index (χ0) is 49.3. The second-order valence-corrected chi connectivity index (χ2v) is 25.8. The van der Waals surface area contributed by atoms with Crippen LogP contribution in [0.1, 0.15) is 92.1 Å². The fourth-order valence-corrected chi connectivity index (χ4v) is 9.67. The van der Waals surface area contributed by atoms with E-state index in [4.69, 9.17) is 29.4 Å². The van der Waals surface area contributed by atoms with Crippen molar-refractivity contribution in [2.75, 3.05) is 65.1 Å². The van der Waals surface area contributed by atoms with E-state index < -0.39 is 58.9 Å². The predicted molar refractivity (Wildman–Crippen MR) is 256 cm³/mol. The maximum Gasteiger partial charge on any atom is 0.407 e. The zero-order valence-corrected chi connectivity index (χ0v) is 43.1. The molecule has 3 aliphatic rings. The number of hydrogen-bond donors (Lipinski definition) is 4. The van der Waals surface area contributed by atoms with Crippen molar-refractivity contribution in [3.05, 3.63) is 54.1 Å². The number of nitrogens with one attached hydrogen (secondary N) is 2. The molecular formula is C45H75ClN4O13S3. The molecule has 0 saturated carbocycles. The van der Waals surface area contributed by atoms with Crippen molar-refractivity contribution in [2.24, 2.45) is 28.4 Å². The maximum atomic E-state index is 14.3. The van der Waals surface area contributed by atoms with Crippen molar-refractivity contribution >= 4 is 45.9 Å². The Kier molecular flexibility index (Phi) is 22.9. The molecule has 2 aromatic carbocycles. The number of fused-ring (bicyclic) bond motifs is 2. The lowest BCUT2D eigenvalue weighted by atomic mass is 9.77. The van der Waals surface area contributed by atoms with E-state index in [1.165, 1.54) is 22.7 Å². The van der Waals surface area contributed by atoms with E-state index in [2.05, 4.69) is 48.4 Å². The number of hydrogen-bond acceptors (Lipinski definition) is 14. The minimum absolute atomic E-state index is 0.0308. The number of amides is 1. The lowest BCUT2D eigenvalue weighted by molar-refractivity contribution is -0.0907. The Morgan fingerprint density at radius 2 is 1.55 bits per heavy atom. The number of unbranched alkanes of at least 4 members (excludes halogenated alkanes) is 2. The molecule has 0 aliphatic carbocycles. The summed E-state index contributed by atoms with van der Waals surface area (Å²) in [6, 6.07) is 13.1. The molecule has 378 valence electrons. The standard InChI is InChI=1S/C33H47N3O9S.C11H25NO2S.CH3ClO2S/c1-33(2,13-6-7-14-34)22-36(46(39,40)24-10-11-28-29(19-24)42-17-16-41-28)20-27(37)26(18-23-8-4-3-5-9-23)35-32(38)45-30-21-44-31-25(30)12-15-43-31;1-10(2)11(3,4)8-6-7-9-12-15(5,13)14;1-5(2,3)4/h3-5,8-11,19,25-27,30-31,37H,6-7,12-18,20-22,34H2,1-2H3,(H,35,38);10,12H,6-9H2,1-5H3;1H3/t25-,26-,27+,30-,31+;;/m0../s1. The number of carbonyl (C=O) groups excluding carboxylic acids is 1. The molecule has 21 heteroatoms. The van der Waals surface area contributed by atoms with Crippen LogP contribution in [-0.2, 0) is 49.7 Å². The highest BCUT2D eigenvalue weighted by atomic mass is 35.7. The number of sulfonamides is 2. The number of nitrogens with zero attached hydrogens (tertiary/aromatic N) is 1. The van der Waals surface area contributed by atoms with E-state index in [-0.39, 0.29) is 43.2 Å². The third-order valence-electron chi connectivity index (χ3n) is 11.9. The molecule has 5 N–H and O–H groups in total. The van der Waals surface area contributed by atoms with Gasteiger partial charge in [-0.15, -0.1) is 0 Å². The van der Waals surface area contributed by atoms with Gasteiger partial charge in [-0.1, -0.05) is 84.7 Å². The Bertz CT molecular complexity index is 2120. The van der Waals surface area contributed by atoms with Gasteiger partial charge >= 0.3 is 6.09 Å². The highest BCUT2D eigenvalue weighted by Gasteiger charge is 2.44. The van der Waals surface area contributed by atoms with Gasteiger partial charge in [-0.2, -0.15) is 4.31 Å². The topological polar surface area (TPSA) is 239 Å². The van der Waals surface area contributed by atoms with Crippen molar-refractivity contribution in [3.63, 3.8) is 0 Å². The number of aliphatic hydroxyl groups is 1. The van der Waals surface area contributed by atoms with Crippen LogP contribution in [0.15, 0.2) is 53.4 Å². The predicted octanol–water partition coefficient (Wildman–Crippen LogP) is 5.64. The molecule has 3 aliphatic heterocycles. The molecular weight excluding hydrogens is 936 g/mol. The van der Waals surface area contributed by atoms with Crippen LogP contribution in [0.2, 0.25) is 0 Å². The molecule has 0 bridgehead atoms. The zero-order valence-electron chi connectivity index (χ0n) is 39.9. The van der Waals surface area contributed by atoms with Gasteiger partial charge in [-0.25, -0.2) is 34.8 Å². The smallest absolute Gasteiger partial charge is 0.407 e. The lowest BCUT2D eigenvalue weighted by Crippen LogP contribution is -2.52. The summed E-state index contributed by atoms with van der Waals surface area (Å²) in [6.07, 6.45) is 5.83. The van der Waals surface area contributed by atoms with Crippen molar-refractivity contribution in [1.29, 1.82) is 0 Å². The van der Waals surface area contributed by atoms with Crippen molar-refractivity contribution in [2.45, 2.75) is 122 Å². The van der Waals surface area contributed by atoms with Crippen LogP contribution >= 0.6 is 10.7 Å². The summed E-state index contributed by atoms with van der Waals surface area (Å²) in [4.78, 5) is 13.2. The molecule has 17 nitrogen and oxygen atoms in total. The minimum atomic E-state index is -4.12. The molecule has 0 spiro atoms. The van der Waals surface area contributed by atoms with E-state index in [0.29, 0.717) is 55.7 Å². The Labute approximate surface area is 398 Å². The van der Waals surface area contributed by atoms with Crippen molar-refractivity contribution < 1.29 is 58.8 Å². The first-order valence-electron chi connectivity index (χ1n) is 22.6.